The smallest absolute Gasteiger partial charge is 0.395 e. The van der Waals surface area contributed by atoms with E-state index in [1.165, 1.54) is 35.0 Å². The van der Waals surface area contributed by atoms with Crippen LogP contribution < -0.4 is 20.5 Å². The molecule has 3 saturated carbocycles. The second kappa shape index (κ2) is 9.53. The van der Waals surface area contributed by atoms with Gasteiger partial charge in [-0.1, -0.05) is 6.07 Å². The predicted molar refractivity (Wildman–Crippen MR) is 145 cm³/mol. The maximum atomic E-state index is 15.1. The third kappa shape index (κ3) is 4.55. The number of hydrogen-bond acceptors (Lipinski definition) is 8. The van der Waals surface area contributed by atoms with Crippen LogP contribution in [0.15, 0.2) is 45.7 Å². The molecule has 16 heteroatoms. The van der Waals surface area contributed by atoms with Gasteiger partial charge >= 0.3 is 18.2 Å². The van der Waals surface area contributed by atoms with Crippen molar-refractivity contribution in [2.45, 2.75) is 81.1 Å². The van der Waals surface area contributed by atoms with Crippen LogP contribution in [-0.2, 0) is 22.7 Å². The van der Waals surface area contributed by atoms with E-state index in [4.69, 9.17) is 9.26 Å². The van der Waals surface area contributed by atoms with Crippen LogP contribution in [-0.4, -0.2) is 31.8 Å². The molecule has 2 atom stereocenters. The van der Waals surface area contributed by atoms with Gasteiger partial charge in [0.2, 0.25) is 0 Å². The topological polar surface area (TPSA) is 116 Å². The molecule has 1 aliphatic heterocycles. The second-order valence-electron chi connectivity index (χ2n) is 12.4. The first kappa shape index (κ1) is 29.0. The van der Waals surface area contributed by atoms with Crippen LogP contribution in [0.2, 0.25) is 0 Å². The van der Waals surface area contributed by atoms with E-state index in [1.54, 1.807) is 6.92 Å². The summed E-state index contributed by atoms with van der Waals surface area (Å²) in [4.78, 5) is 15.3. The lowest BCUT2D eigenvalue weighted by molar-refractivity contribution is -0.286. The van der Waals surface area contributed by atoms with Crippen LogP contribution >= 0.6 is 0 Å². The Hall–Kier alpha value is -4.47. The van der Waals surface area contributed by atoms with Gasteiger partial charge in [-0.3, -0.25) is 0 Å². The van der Waals surface area contributed by atoms with E-state index in [0.29, 0.717) is 43.5 Å². The fraction of sp³-hybridized carbons (Fsp3) is 0.433. The highest BCUT2D eigenvalue weighted by atomic mass is 19.4. The van der Waals surface area contributed by atoms with Crippen molar-refractivity contribution in [3.05, 3.63) is 81.1 Å². The Labute approximate surface area is 255 Å². The van der Waals surface area contributed by atoms with Crippen molar-refractivity contribution in [3.63, 3.8) is 0 Å². The highest BCUT2D eigenvalue weighted by Gasteiger charge is 2.72. The number of rotatable bonds is 7. The summed E-state index contributed by atoms with van der Waals surface area (Å²) < 4.78 is 106. The van der Waals surface area contributed by atoms with Crippen LogP contribution in [0.1, 0.15) is 79.5 Å². The Morgan fingerprint density at radius 2 is 1.87 bits per heavy atom. The number of aromatic amines is 1. The molecule has 2 aromatic carbocycles. The van der Waals surface area contributed by atoms with Gasteiger partial charge < -0.3 is 24.1 Å². The van der Waals surface area contributed by atoms with Gasteiger partial charge in [-0.2, -0.15) is 23.3 Å². The molecule has 0 unspecified atom stereocenters. The number of ether oxygens (including phenoxy) is 3. The summed E-state index contributed by atoms with van der Waals surface area (Å²) in [6.07, 6.45) is -6.57. The molecule has 5 aliphatic rings. The number of H-pyrrole nitrogens is 1. The van der Waals surface area contributed by atoms with E-state index >= 15 is 4.39 Å². The minimum absolute atomic E-state index is 0.0373. The fourth-order valence-electron chi connectivity index (χ4n) is 7.32. The Balaban J connectivity index is 1.09. The van der Waals surface area contributed by atoms with Crippen LogP contribution in [0.25, 0.3) is 5.69 Å². The van der Waals surface area contributed by atoms with Crippen LogP contribution in [0, 0.1) is 5.82 Å². The summed E-state index contributed by atoms with van der Waals surface area (Å²) >= 11 is 0. The molecule has 2 bridgehead atoms. The summed E-state index contributed by atoms with van der Waals surface area (Å²) in [6, 6.07) is 7.34. The minimum Gasteiger partial charge on any atom is -0.395 e. The molecule has 3 fully saturated rings. The van der Waals surface area contributed by atoms with Crippen molar-refractivity contribution < 1.29 is 45.1 Å². The molecule has 10 nitrogen and oxygen atoms in total. The Morgan fingerprint density at radius 1 is 1.11 bits per heavy atom. The molecule has 242 valence electrons. The summed E-state index contributed by atoms with van der Waals surface area (Å²) in [6.45, 7) is 1.66. The van der Waals surface area contributed by atoms with Gasteiger partial charge in [0.25, 0.3) is 0 Å². The van der Waals surface area contributed by atoms with E-state index in [1.807, 2.05) is 0 Å². The van der Waals surface area contributed by atoms with Crippen LogP contribution in [0.5, 0.6) is 11.5 Å². The van der Waals surface area contributed by atoms with Crippen molar-refractivity contribution in [1.29, 1.82) is 0 Å². The number of nitrogens with zero attached hydrogens (tertiary/aromatic N) is 3. The molecule has 9 rings (SSSR count). The molecule has 2 N–H and O–H groups in total. The lowest BCUT2D eigenvalue weighted by Gasteiger charge is -2.69. The molecule has 0 spiro atoms. The highest BCUT2D eigenvalue weighted by Crippen LogP contribution is 2.70. The van der Waals surface area contributed by atoms with Crippen molar-refractivity contribution in [2.75, 3.05) is 5.32 Å². The predicted octanol–water partition coefficient (Wildman–Crippen LogP) is 6.47. The fourth-order valence-corrected chi connectivity index (χ4v) is 7.32. The number of aromatic nitrogens is 4. The Kier molecular flexibility index (Phi) is 6.00. The van der Waals surface area contributed by atoms with Crippen molar-refractivity contribution >= 4 is 5.69 Å². The molecule has 46 heavy (non-hydrogen) atoms. The first-order valence-corrected chi connectivity index (χ1v) is 14.6. The lowest BCUT2D eigenvalue weighted by atomic mass is 9.40. The zero-order chi connectivity index (χ0) is 32.2. The molecular weight excluding hydrogens is 624 g/mol. The van der Waals surface area contributed by atoms with E-state index in [0.717, 1.165) is 6.07 Å². The van der Waals surface area contributed by atoms with Crippen molar-refractivity contribution in [3.8, 4) is 17.2 Å². The van der Waals surface area contributed by atoms with E-state index in [2.05, 4.69) is 30.0 Å². The van der Waals surface area contributed by atoms with Gasteiger partial charge in [-0.25, -0.2) is 19.0 Å². The van der Waals surface area contributed by atoms with Gasteiger partial charge in [0, 0.05) is 17.0 Å². The van der Waals surface area contributed by atoms with Gasteiger partial charge in [0.1, 0.15) is 11.9 Å². The normalized spacial score (nSPS) is 26.2. The minimum atomic E-state index is -4.73. The Bertz CT molecular complexity index is 1910. The maximum absolute atomic E-state index is 15.1. The standard InChI is InChI=1S/C30H25F6N5O5/c1-14(15-5-8-20-22(9-15)45-30(35,36)44-20)37-19-10-16(6-7-18(19)31)41-23-17(24(39-41)29(32,33)34)3-2-4-21(23)43-28-11-27(12-28,13-28)25-38-26(42)46-40-25/h5-10,14,21,37H,2-4,11-13H2,1H3,(H,38,40,42)/t14-,21-,27?,28?/m0/s1. The lowest BCUT2D eigenvalue weighted by Crippen LogP contribution is -2.71. The number of alkyl halides is 5. The summed E-state index contributed by atoms with van der Waals surface area (Å²) in [7, 11) is 0. The molecular formula is C30H25F6N5O5. The van der Waals surface area contributed by atoms with Gasteiger partial charge in [0.05, 0.1) is 22.7 Å². The SMILES string of the molecule is C[C@H](Nc1cc(-n2nc(C(F)(F)F)c3c2[C@@H](OC24CC(c5nc(=O)o[nH]5)(C2)C4)CCC3)ccc1F)c1ccc2c(c1)OC(F)(F)O2. The average molecular weight is 650 g/mol. The van der Waals surface area contributed by atoms with Gasteiger partial charge in [0.15, 0.2) is 23.0 Å². The van der Waals surface area contributed by atoms with Crippen LogP contribution in [0.4, 0.5) is 32.0 Å². The number of halogens is 6. The van der Waals surface area contributed by atoms with E-state index < -0.39 is 47.5 Å². The summed E-state index contributed by atoms with van der Waals surface area (Å²) in [5.74, 6) is -1.28. The highest BCUT2D eigenvalue weighted by molar-refractivity contribution is 5.56. The van der Waals surface area contributed by atoms with E-state index in [-0.39, 0.29) is 46.0 Å². The quantitative estimate of drug-likeness (QED) is 0.219. The number of fused-ring (bicyclic) bond motifs is 2. The number of anilines is 1. The van der Waals surface area contributed by atoms with Crippen molar-refractivity contribution in [2.24, 2.45) is 0 Å². The molecule has 0 radical (unpaired) electrons. The van der Waals surface area contributed by atoms with Gasteiger partial charge in [-0.15, -0.1) is 8.78 Å². The largest absolute Gasteiger partial charge is 0.586 e. The first-order chi connectivity index (χ1) is 21.7. The summed E-state index contributed by atoms with van der Waals surface area (Å²) in [5.41, 5.74) is -1.07. The number of hydrogen-bond donors (Lipinski definition) is 2. The monoisotopic (exact) mass is 649 g/mol. The average Bonchev–Trinajstić information content (AvgIpc) is 3.64. The van der Waals surface area contributed by atoms with Crippen molar-refractivity contribution in [1.82, 2.24) is 19.9 Å². The number of nitrogens with one attached hydrogen (secondary N) is 2. The molecule has 4 aliphatic carbocycles. The molecule has 4 aromatic rings. The zero-order valence-corrected chi connectivity index (χ0v) is 24.0. The zero-order valence-electron chi connectivity index (χ0n) is 24.0. The number of benzene rings is 2. The third-order valence-corrected chi connectivity index (χ3v) is 9.30. The summed E-state index contributed by atoms with van der Waals surface area (Å²) in [5, 5.41) is 9.51. The molecule has 0 saturated heterocycles. The molecule has 0 amide bonds. The second-order valence-corrected chi connectivity index (χ2v) is 12.4. The molecule has 3 heterocycles. The van der Waals surface area contributed by atoms with Gasteiger partial charge in [-0.05, 0) is 81.3 Å². The van der Waals surface area contributed by atoms with Crippen LogP contribution in [0.3, 0.4) is 0 Å². The van der Waals surface area contributed by atoms with E-state index in [9.17, 15) is 26.7 Å². The Morgan fingerprint density at radius 3 is 2.59 bits per heavy atom. The molecule has 2 aromatic heterocycles. The third-order valence-electron chi connectivity index (χ3n) is 9.30. The first-order valence-electron chi connectivity index (χ1n) is 14.6. The maximum Gasteiger partial charge on any atom is 0.586 e.